The van der Waals surface area contributed by atoms with Gasteiger partial charge in [0.25, 0.3) is 0 Å². The fourth-order valence-electron chi connectivity index (χ4n) is 2.28. The van der Waals surface area contributed by atoms with Gasteiger partial charge in [-0.3, -0.25) is 14.4 Å². The summed E-state index contributed by atoms with van der Waals surface area (Å²) in [5.74, 6) is -1.31. The molecule has 1 aromatic carbocycles. The van der Waals surface area contributed by atoms with Crippen LogP contribution in [0, 0.1) is 11.3 Å². The minimum Gasteiger partial charge on any atom is -0.465 e. The number of hydrogen-bond donors (Lipinski definition) is 0. The van der Waals surface area contributed by atoms with Gasteiger partial charge in [-0.15, -0.1) is 0 Å². The molecule has 4 nitrogen and oxygen atoms in total. The molecule has 0 saturated carbocycles. The number of benzene rings is 1. The summed E-state index contributed by atoms with van der Waals surface area (Å²) >= 11 is 0. The lowest BCUT2D eigenvalue weighted by Gasteiger charge is -2.17. The summed E-state index contributed by atoms with van der Waals surface area (Å²) in [5, 5.41) is 0. The number of carbonyl (C=O) groups excluding carboxylic acids is 3. The minimum absolute atomic E-state index is 0.0654. The zero-order valence-electron chi connectivity index (χ0n) is 14.6. The summed E-state index contributed by atoms with van der Waals surface area (Å²) in [5.41, 5.74) is 1.04. The van der Waals surface area contributed by atoms with Crippen LogP contribution >= 0.6 is 0 Å². The molecule has 0 aliphatic heterocycles. The summed E-state index contributed by atoms with van der Waals surface area (Å²) in [4.78, 5) is 36.2. The fourth-order valence-corrected chi connectivity index (χ4v) is 2.28. The standard InChI is InChI=1S/C19H26O4/c1-6-16(20)15(18(22)23-7-2)12-13-8-10-14(11-9-13)17(21)19(3,4)5/h8-11,15H,6-7,12H2,1-5H3. The molecular weight excluding hydrogens is 292 g/mol. The molecule has 0 aliphatic carbocycles. The molecule has 0 spiro atoms. The molecule has 0 amide bonds. The van der Waals surface area contributed by atoms with Gasteiger partial charge < -0.3 is 4.74 Å². The van der Waals surface area contributed by atoms with Crippen LogP contribution in [0.1, 0.15) is 57.0 Å². The van der Waals surface area contributed by atoms with Crippen molar-refractivity contribution < 1.29 is 19.1 Å². The topological polar surface area (TPSA) is 60.4 Å². The number of esters is 1. The largest absolute Gasteiger partial charge is 0.465 e. The van der Waals surface area contributed by atoms with Crippen LogP contribution in [0.25, 0.3) is 0 Å². The Kier molecular flexibility index (Phi) is 6.67. The van der Waals surface area contributed by atoms with Crippen molar-refractivity contribution in [2.45, 2.75) is 47.5 Å². The molecule has 1 unspecified atom stereocenters. The lowest BCUT2D eigenvalue weighted by Crippen LogP contribution is -2.28. The number of ketones is 2. The van der Waals surface area contributed by atoms with E-state index in [1.807, 2.05) is 20.8 Å². The minimum atomic E-state index is -0.774. The number of rotatable bonds is 7. The Balaban J connectivity index is 2.92. The van der Waals surface area contributed by atoms with Crippen LogP contribution in [0.15, 0.2) is 24.3 Å². The summed E-state index contributed by atoms with van der Waals surface area (Å²) in [6.07, 6.45) is 0.597. The van der Waals surface area contributed by atoms with Gasteiger partial charge in [0, 0.05) is 17.4 Å². The maximum absolute atomic E-state index is 12.2. The summed E-state index contributed by atoms with van der Waals surface area (Å²) in [7, 11) is 0. The third-order valence-corrected chi connectivity index (χ3v) is 3.65. The molecule has 0 heterocycles. The Morgan fingerprint density at radius 2 is 1.61 bits per heavy atom. The van der Waals surface area contributed by atoms with Crippen LogP contribution in [-0.4, -0.2) is 24.1 Å². The van der Waals surface area contributed by atoms with E-state index in [1.54, 1.807) is 38.1 Å². The van der Waals surface area contributed by atoms with E-state index in [0.717, 1.165) is 5.56 Å². The second-order valence-corrected chi connectivity index (χ2v) is 6.60. The number of hydrogen-bond acceptors (Lipinski definition) is 4. The molecule has 23 heavy (non-hydrogen) atoms. The van der Waals surface area contributed by atoms with Crippen molar-refractivity contribution in [2.75, 3.05) is 6.61 Å². The van der Waals surface area contributed by atoms with Crippen molar-refractivity contribution in [3.8, 4) is 0 Å². The van der Waals surface area contributed by atoms with Gasteiger partial charge in [0.15, 0.2) is 5.78 Å². The van der Waals surface area contributed by atoms with E-state index in [2.05, 4.69) is 0 Å². The summed E-state index contributed by atoms with van der Waals surface area (Å²) < 4.78 is 4.99. The summed E-state index contributed by atoms with van der Waals surface area (Å²) in [6, 6.07) is 7.10. The molecule has 0 bridgehead atoms. The first-order valence-corrected chi connectivity index (χ1v) is 8.03. The van der Waals surface area contributed by atoms with E-state index in [4.69, 9.17) is 4.74 Å². The van der Waals surface area contributed by atoms with Crippen molar-refractivity contribution >= 4 is 17.5 Å². The van der Waals surface area contributed by atoms with E-state index in [1.165, 1.54) is 0 Å². The highest BCUT2D eigenvalue weighted by Gasteiger charge is 2.27. The molecule has 0 N–H and O–H groups in total. The number of ether oxygens (including phenoxy) is 1. The van der Waals surface area contributed by atoms with Gasteiger partial charge in [-0.1, -0.05) is 52.0 Å². The third-order valence-electron chi connectivity index (χ3n) is 3.65. The van der Waals surface area contributed by atoms with Crippen molar-refractivity contribution in [3.63, 3.8) is 0 Å². The Morgan fingerprint density at radius 1 is 1.04 bits per heavy atom. The Hall–Kier alpha value is -1.97. The molecule has 1 atom stereocenters. The molecule has 1 rings (SSSR count). The Morgan fingerprint density at radius 3 is 2.04 bits per heavy atom. The summed E-state index contributed by atoms with van der Waals surface area (Å²) in [6.45, 7) is 9.34. The molecule has 0 saturated heterocycles. The van der Waals surface area contributed by atoms with Gasteiger partial charge in [-0.25, -0.2) is 0 Å². The van der Waals surface area contributed by atoms with E-state index in [0.29, 0.717) is 18.4 Å². The molecule has 126 valence electrons. The second kappa shape index (κ2) is 8.04. The maximum Gasteiger partial charge on any atom is 0.316 e. The highest BCUT2D eigenvalue weighted by atomic mass is 16.5. The first kappa shape index (κ1) is 19.1. The lowest BCUT2D eigenvalue weighted by atomic mass is 9.86. The van der Waals surface area contributed by atoms with Gasteiger partial charge in [-0.2, -0.15) is 0 Å². The van der Waals surface area contributed by atoms with Crippen molar-refractivity contribution in [2.24, 2.45) is 11.3 Å². The van der Waals surface area contributed by atoms with Gasteiger partial charge in [-0.05, 0) is 18.9 Å². The van der Waals surface area contributed by atoms with Crippen LogP contribution in [-0.2, 0) is 20.7 Å². The average molecular weight is 318 g/mol. The van der Waals surface area contributed by atoms with E-state index >= 15 is 0 Å². The molecule has 0 radical (unpaired) electrons. The van der Waals surface area contributed by atoms with Crippen molar-refractivity contribution in [3.05, 3.63) is 35.4 Å². The Labute approximate surface area is 138 Å². The average Bonchev–Trinajstić information content (AvgIpc) is 2.51. The maximum atomic E-state index is 12.2. The van der Waals surface area contributed by atoms with Crippen LogP contribution in [0.4, 0.5) is 0 Å². The number of carbonyl (C=O) groups is 3. The smallest absolute Gasteiger partial charge is 0.316 e. The zero-order valence-corrected chi connectivity index (χ0v) is 14.6. The van der Waals surface area contributed by atoms with Crippen LogP contribution < -0.4 is 0 Å². The van der Waals surface area contributed by atoms with Gasteiger partial charge in [0.2, 0.25) is 0 Å². The molecular formula is C19H26O4. The molecule has 0 aliphatic rings. The highest BCUT2D eigenvalue weighted by molar-refractivity contribution is 6.00. The third kappa shape index (κ3) is 5.31. The molecule has 0 fully saturated rings. The van der Waals surface area contributed by atoms with Crippen molar-refractivity contribution in [1.82, 2.24) is 0 Å². The highest BCUT2D eigenvalue weighted by Crippen LogP contribution is 2.22. The SMILES string of the molecule is CCOC(=O)C(Cc1ccc(C(=O)C(C)(C)C)cc1)C(=O)CC. The second-order valence-electron chi connectivity index (χ2n) is 6.60. The van der Waals surface area contributed by atoms with Gasteiger partial charge >= 0.3 is 5.97 Å². The van der Waals surface area contributed by atoms with E-state index in [9.17, 15) is 14.4 Å². The van der Waals surface area contributed by atoms with E-state index in [-0.39, 0.29) is 18.2 Å². The van der Waals surface area contributed by atoms with Crippen molar-refractivity contribution in [1.29, 1.82) is 0 Å². The molecule has 4 heteroatoms. The molecule has 0 aromatic heterocycles. The Bertz CT molecular complexity index is 564. The predicted octanol–water partition coefficient (Wildman–Crippen LogP) is 3.62. The lowest BCUT2D eigenvalue weighted by molar-refractivity contribution is -0.151. The van der Waals surface area contributed by atoms with Crippen LogP contribution in [0.2, 0.25) is 0 Å². The van der Waals surface area contributed by atoms with E-state index < -0.39 is 17.3 Å². The van der Waals surface area contributed by atoms with Crippen LogP contribution in [0.5, 0.6) is 0 Å². The number of Topliss-reactive ketones (excluding diaryl/α,β-unsaturated/α-hetero) is 2. The quantitative estimate of drug-likeness (QED) is 0.438. The first-order chi connectivity index (χ1) is 10.7. The van der Waals surface area contributed by atoms with Crippen LogP contribution in [0.3, 0.4) is 0 Å². The fraction of sp³-hybridized carbons (Fsp3) is 0.526. The molecule has 1 aromatic rings. The zero-order chi connectivity index (χ0) is 17.6. The van der Waals surface area contributed by atoms with Gasteiger partial charge in [0.05, 0.1) is 6.61 Å². The predicted molar refractivity (Wildman–Crippen MR) is 89.4 cm³/mol. The monoisotopic (exact) mass is 318 g/mol. The normalized spacial score (nSPS) is 12.6. The first-order valence-electron chi connectivity index (χ1n) is 8.03. The van der Waals surface area contributed by atoms with Gasteiger partial charge in [0.1, 0.15) is 11.7 Å².